The van der Waals surface area contributed by atoms with Crippen LogP contribution in [-0.4, -0.2) is 41.0 Å². The maximum atomic E-state index is 12.3. The Bertz CT molecular complexity index is 513. The highest BCUT2D eigenvalue weighted by Gasteiger charge is 2.36. The fourth-order valence-electron chi connectivity index (χ4n) is 2.63. The van der Waals surface area contributed by atoms with Gasteiger partial charge in [0.2, 0.25) is 5.91 Å². The van der Waals surface area contributed by atoms with E-state index in [4.69, 9.17) is 0 Å². The van der Waals surface area contributed by atoms with Crippen LogP contribution in [0.1, 0.15) is 43.2 Å². The molecular formula is C15H22N2O3S. The van der Waals surface area contributed by atoms with Crippen molar-refractivity contribution in [3.8, 4) is 0 Å². The number of fused-ring (bicyclic) bond motifs is 1. The molecule has 0 spiro atoms. The van der Waals surface area contributed by atoms with Gasteiger partial charge in [0.25, 0.3) is 0 Å². The van der Waals surface area contributed by atoms with Crippen molar-refractivity contribution in [3.05, 3.63) is 21.9 Å². The van der Waals surface area contributed by atoms with Crippen molar-refractivity contribution in [2.75, 3.05) is 13.1 Å². The van der Waals surface area contributed by atoms with Crippen molar-refractivity contribution in [1.29, 1.82) is 0 Å². The Labute approximate surface area is 129 Å². The molecule has 1 aliphatic rings. The molecule has 116 valence electrons. The average Bonchev–Trinajstić information content (AvgIpc) is 2.89. The van der Waals surface area contributed by atoms with Crippen molar-refractivity contribution in [2.24, 2.45) is 0 Å². The minimum absolute atomic E-state index is 0.0650. The summed E-state index contributed by atoms with van der Waals surface area (Å²) < 4.78 is 0. The summed E-state index contributed by atoms with van der Waals surface area (Å²) >= 11 is 1.57. The number of carboxylic acid groups (broad SMARTS) is 1. The standard InChI is InChI=1S/C15H22N2O3S/c1-10(2)16-7-3-4-13(18)17-8-5-12-11(6-9-21-12)14(17)15(19)20/h6,9-10,14,16H,3-5,7-8H2,1-2H3,(H,19,20). The van der Waals surface area contributed by atoms with Crippen LogP contribution in [-0.2, 0) is 16.0 Å². The molecule has 0 aromatic carbocycles. The van der Waals surface area contributed by atoms with E-state index < -0.39 is 12.0 Å². The normalized spacial score (nSPS) is 17.9. The van der Waals surface area contributed by atoms with Crippen molar-refractivity contribution >= 4 is 23.2 Å². The lowest BCUT2D eigenvalue weighted by Crippen LogP contribution is -2.43. The summed E-state index contributed by atoms with van der Waals surface area (Å²) in [6.07, 6.45) is 1.88. The van der Waals surface area contributed by atoms with Crippen LogP contribution in [0.25, 0.3) is 0 Å². The predicted octanol–water partition coefficient (Wildman–Crippen LogP) is 2.04. The number of rotatable bonds is 6. The summed E-state index contributed by atoms with van der Waals surface area (Å²) in [6.45, 7) is 5.40. The summed E-state index contributed by atoms with van der Waals surface area (Å²) in [5.74, 6) is -1.01. The molecule has 0 saturated carbocycles. The van der Waals surface area contributed by atoms with Gasteiger partial charge in [-0.15, -0.1) is 11.3 Å². The number of carbonyl (C=O) groups excluding carboxylic acids is 1. The summed E-state index contributed by atoms with van der Waals surface area (Å²) in [5.41, 5.74) is 0.785. The largest absolute Gasteiger partial charge is 0.479 e. The van der Waals surface area contributed by atoms with Crippen molar-refractivity contribution in [2.45, 2.75) is 45.2 Å². The minimum atomic E-state index is -0.942. The second-order valence-electron chi connectivity index (χ2n) is 5.59. The van der Waals surface area contributed by atoms with Gasteiger partial charge in [-0.25, -0.2) is 4.79 Å². The van der Waals surface area contributed by atoms with Crippen LogP contribution in [0.3, 0.4) is 0 Å². The van der Waals surface area contributed by atoms with Crippen LogP contribution >= 0.6 is 11.3 Å². The van der Waals surface area contributed by atoms with E-state index in [-0.39, 0.29) is 5.91 Å². The average molecular weight is 310 g/mol. The topological polar surface area (TPSA) is 69.6 Å². The number of amides is 1. The molecule has 1 aromatic heterocycles. The molecule has 6 heteroatoms. The zero-order chi connectivity index (χ0) is 15.4. The van der Waals surface area contributed by atoms with Gasteiger partial charge in [-0.3, -0.25) is 4.79 Å². The van der Waals surface area contributed by atoms with Gasteiger partial charge in [-0.05, 0) is 36.4 Å². The van der Waals surface area contributed by atoms with E-state index in [1.54, 1.807) is 11.3 Å². The van der Waals surface area contributed by atoms with E-state index >= 15 is 0 Å². The first-order chi connectivity index (χ1) is 10.0. The van der Waals surface area contributed by atoms with Gasteiger partial charge in [0, 0.05) is 23.9 Å². The number of aliphatic carboxylic acids is 1. The van der Waals surface area contributed by atoms with Crippen LogP contribution in [0.5, 0.6) is 0 Å². The maximum Gasteiger partial charge on any atom is 0.331 e. The highest BCUT2D eigenvalue weighted by Crippen LogP contribution is 2.33. The molecule has 2 heterocycles. The third kappa shape index (κ3) is 3.83. The lowest BCUT2D eigenvalue weighted by Gasteiger charge is -2.33. The SMILES string of the molecule is CC(C)NCCCC(=O)N1CCc2sccc2C1C(=O)O. The van der Waals surface area contributed by atoms with Gasteiger partial charge in [0.15, 0.2) is 6.04 Å². The zero-order valence-electron chi connectivity index (χ0n) is 12.5. The van der Waals surface area contributed by atoms with Crippen LogP contribution in [0.15, 0.2) is 11.4 Å². The van der Waals surface area contributed by atoms with Gasteiger partial charge in [0.05, 0.1) is 0 Å². The van der Waals surface area contributed by atoms with Crippen LogP contribution in [0.4, 0.5) is 0 Å². The Balaban J connectivity index is 1.98. The van der Waals surface area contributed by atoms with Gasteiger partial charge in [-0.1, -0.05) is 13.8 Å². The van der Waals surface area contributed by atoms with E-state index in [1.165, 1.54) is 4.90 Å². The Morgan fingerprint density at radius 2 is 2.29 bits per heavy atom. The molecule has 1 aliphatic heterocycles. The number of hydrogen-bond donors (Lipinski definition) is 2. The van der Waals surface area contributed by atoms with Crippen LogP contribution in [0.2, 0.25) is 0 Å². The number of hydrogen-bond acceptors (Lipinski definition) is 4. The number of nitrogens with one attached hydrogen (secondary N) is 1. The van der Waals surface area contributed by atoms with Crippen molar-refractivity contribution in [1.82, 2.24) is 10.2 Å². The molecule has 1 aromatic rings. The monoisotopic (exact) mass is 310 g/mol. The Hall–Kier alpha value is -1.40. The van der Waals surface area contributed by atoms with E-state index in [1.807, 2.05) is 11.4 Å². The zero-order valence-corrected chi connectivity index (χ0v) is 13.3. The van der Waals surface area contributed by atoms with E-state index in [0.717, 1.165) is 29.8 Å². The molecule has 0 bridgehead atoms. The molecule has 0 radical (unpaired) electrons. The molecule has 1 atom stereocenters. The Morgan fingerprint density at radius 1 is 1.52 bits per heavy atom. The summed E-state index contributed by atoms with van der Waals surface area (Å²) in [6, 6.07) is 1.42. The molecule has 0 saturated heterocycles. The molecule has 5 nitrogen and oxygen atoms in total. The summed E-state index contributed by atoms with van der Waals surface area (Å²) in [5, 5.41) is 14.6. The quantitative estimate of drug-likeness (QED) is 0.789. The van der Waals surface area contributed by atoms with Gasteiger partial charge < -0.3 is 15.3 Å². The third-order valence-electron chi connectivity index (χ3n) is 3.64. The van der Waals surface area contributed by atoms with E-state index in [9.17, 15) is 14.7 Å². The van der Waals surface area contributed by atoms with Crippen LogP contribution in [0, 0.1) is 0 Å². The van der Waals surface area contributed by atoms with E-state index in [2.05, 4.69) is 19.2 Å². The molecule has 2 rings (SSSR count). The number of nitrogens with zero attached hydrogens (tertiary/aromatic N) is 1. The highest BCUT2D eigenvalue weighted by molar-refractivity contribution is 7.10. The van der Waals surface area contributed by atoms with Crippen molar-refractivity contribution in [3.63, 3.8) is 0 Å². The van der Waals surface area contributed by atoms with Crippen LogP contribution < -0.4 is 5.32 Å². The third-order valence-corrected chi connectivity index (χ3v) is 4.64. The lowest BCUT2D eigenvalue weighted by molar-refractivity contribution is -0.151. The first kappa shape index (κ1) is 16.0. The second-order valence-corrected chi connectivity index (χ2v) is 6.59. The van der Waals surface area contributed by atoms with Gasteiger partial charge in [0.1, 0.15) is 0 Å². The smallest absolute Gasteiger partial charge is 0.331 e. The van der Waals surface area contributed by atoms with Gasteiger partial charge in [-0.2, -0.15) is 0 Å². The number of carbonyl (C=O) groups is 2. The fraction of sp³-hybridized carbons (Fsp3) is 0.600. The molecule has 21 heavy (non-hydrogen) atoms. The minimum Gasteiger partial charge on any atom is -0.479 e. The molecule has 1 amide bonds. The molecule has 2 N–H and O–H groups in total. The summed E-state index contributed by atoms with van der Waals surface area (Å²) in [4.78, 5) is 26.5. The van der Waals surface area contributed by atoms with Gasteiger partial charge >= 0.3 is 5.97 Å². The summed E-state index contributed by atoms with van der Waals surface area (Å²) in [7, 11) is 0. The number of thiophene rings is 1. The van der Waals surface area contributed by atoms with Crippen molar-refractivity contribution < 1.29 is 14.7 Å². The number of carboxylic acids is 1. The molecule has 0 fully saturated rings. The first-order valence-electron chi connectivity index (χ1n) is 7.32. The lowest BCUT2D eigenvalue weighted by atomic mass is 9.99. The highest BCUT2D eigenvalue weighted by atomic mass is 32.1. The van der Waals surface area contributed by atoms with E-state index in [0.29, 0.717) is 19.0 Å². The molecule has 0 aliphatic carbocycles. The molecular weight excluding hydrogens is 288 g/mol. The molecule has 1 unspecified atom stereocenters. The maximum absolute atomic E-state index is 12.3. The Morgan fingerprint density at radius 3 is 2.95 bits per heavy atom. The Kier molecular flexibility index (Phi) is 5.36. The fourth-order valence-corrected chi connectivity index (χ4v) is 3.53. The predicted molar refractivity (Wildman–Crippen MR) is 82.5 cm³/mol. The second kappa shape index (κ2) is 7.04. The first-order valence-corrected chi connectivity index (χ1v) is 8.20.